The number of aliphatic carboxylic acids is 1. The normalized spacial score (nSPS) is 10.4. The van der Waals surface area contributed by atoms with Crippen molar-refractivity contribution in [3.8, 4) is 5.75 Å². The highest BCUT2D eigenvalue weighted by Crippen LogP contribution is 2.11. The highest BCUT2D eigenvalue weighted by molar-refractivity contribution is 5.66. The smallest absolute Gasteiger partial charge is 0.303 e. The highest BCUT2D eigenvalue weighted by atomic mass is 16.5. The number of pyridine rings is 1. The molecule has 0 aliphatic carbocycles. The van der Waals surface area contributed by atoms with E-state index in [0.29, 0.717) is 19.6 Å². The van der Waals surface area contributed by atoms with Gasteiger partial charge in [-0.2, -0.15) is 0 Å². The molecule has 5 heteroatoms. The number of hydrogen-bond donors (Lipinski definition) is 1. The number of carboxylic acid groups (broad SMARTS) is 1. The van der Waals surface area contributed by atoms with Crippen LogP contribution >= 0.6 is 0 Å². The van der Waals surface area contributed by atoms with Crippen molar-refractivity contribution in [2.45, 2.75) is 32.9 Å². The van der Waals surface area contributed by atoms with E-state index in [1.807, 2.05) is 31.2 Å². The predicted octanol–water partition coefficient (Wildman–Crippen LogP) is 2.60. The molecule has 1 aromatic carbocycles. The Morgan fingerprint density at radius 1 is 1.23 bits per heavy atom. The number of carboxylic acids is 1. The third-order valence-electron chi connectivity index (χ3n) is 3.42. The van der Waals surface area contributed by atoms with Crippen LogP contribution in [0.25, 0.3) is 0 Å². The molecule has 2 rings (SSSR count). The van der Waals surface area contributed by atoms with E-state index in [1.54, 1.807) is 18.3 Å². The molecule has 0 saturated heterocycles. The summed E-state index contributed by atoms with van der Waals surface area (Å²) >= 11 is 0. The van der Waals surface area contributed by atoms with Crippen LogP contribution in [0.4, 0.5) is 0 Å². The summed E-state index contributed by atoms with van der Waals surface area (Å²) in [5.74, 6) is -0.582. The zero-order valence-corrected chi connectivity index (χ0v) is 12.5. The minimum absolute atomic E-state index is 0.0424. The molecular formula is C17H19NO4. The average Bonchev–Trinajstić information content (AvgIpc) is 2.49. The number of hydrogen-bond acceptors (Lipinski definition) is 3. The molecule has 0 bridgehead atoms. The Hall–Kier alpha value is -2.56. The van der Waals surface area contributed by atoms with Crippen LogP contribution in [0.2, 0.25) is 0 Å². The summed E-state index contributed by atoms with van der Waals surface area (Å²) in [6.45, 7) is 2.70. The minimum atomic E-state index is -0.861. The molecule has 0 saturated carbocycles. The Bertz CT molecular complexity index is 706. The predicted molar refractivity (Wildman–Crippen MR) is 83.1 cm³/mol. The molecule has 0 fully saturated rings. The lowest BCUT2D eigenvalue weighted by atomic mass is 10.1. The second-order valence-corrected chi connectivity index (χ2v) is 5.08. The standard InChI is InChI=1S/C17H19NO4/c1-13-6-2-3-7-14(13)12-22-15-8-4-10-18(17(15)21)11-5-9-16(19)20/h2-4,6-8,10H,5,9,11-12H2,1H3,(H,19,20). The number of nitrogens with zero attached hydrogens (tertiary/aromatic N) is 1. The largest absolute Gasteiger partial charge is 0.483 e. The van der Waals surface area contributed by atoms with Crippen LogP contribution in [0, 0.1) is 6.92 Å². The third-order valence-corrected chi connectivity index (χ3v) is 3.42. The van der Waals surface area contributed by atoms with E-state index in [-0.39, 0.29) is 17.7 Å². The SMILES string of the molecule is Cc1ccccc1COc1cccn(CCCC(=O)O)c1=O. The van der Waals surface area contributed by atoms with E-state index in [2.05, 4.69) is 0 Å². The van der Waals surface area contributed by atoms with Gasteiger partial charge in [0.25, 0.3) is 5.56 Å². The van der Waals surface area contributed by atoms with Gasteiger partial charge in [0.05, 0.1) is 0 Å². The van der Waals surface area contributed by atoms with Crippen molar-refractivity contribution in [1.82, 2.24) is 4.57 Å². The van der Waals surface area contributed by atoms with E-state index in [0.717, 1.165) is 11.1 Å². The Morgan fingerprint density at radius 3 is 2.73 bits per heavy atom. The fourth-order valence-electron chi connectivity index (χ4n) is 2.13. The van der Waals surface area contributed by atoms with Gasteiger partial charge in [0.2, 0.25) is 0 Å². The summed E-state index contributed by atoms with van der Waals surface area (Å²) in [6.07, 6.45) is 2.10. The molecule has 0 aliphatic rings. The molecule has 1 N–H and O–H groups in total. The van der Waals surface area contributed by atoms with Gasteiger partial charge >= 0.3 is 5.97 Å². The van der Waals surface area contributed by atoms with Crippen LogP contribution in [0.1, 0.15) is 24.0 Å². The molecule has 1 heterocycles. The summed E-state index contributed by atoms with van der Waals surface area (Å²) in [7, 11) is 0. The Labute approximate surface area is 128 Å². The number of benzene rings is 1. The molecule has 22 heavy (non-hydrogen) atoms. The van der Waals surface area contributed by atoms with Gasteiger partial charge in [-0.05, 0) is 36.6 Å². The molecule has 0 unspecified atom stereocenters. The Balaban J connectivity index is 2.04. The average molecular weight is 301 g/mol. The van der Waals surface area contributed by atoms with Crippen molar-refractivity contribution in [3.05, 3.63) is 64.1 Å². The van der Waals surface area contributed by atoms with Gasteiger partial charge in [-0.3, -0.25) is 9.59 Å². The quantitative estimate of drug-likeness (QED) is 0.853. The van der Waals surface area contributed by atoms with E-state index >= 15 is 0 Å². The van der Waals surface area contributed by atoms with Crippen LogP contribution < -0.4 is 10.3 Å². The lowest BCUT2D eigenvalue weighted by molar-refractivity contribution is -0.137. The van der Waals surface area contributed by atoms with Crippen LogP contribution in [0.3, 0.4) is 0 Å². The summed E-state index contributed by atoms with van der Waals surface area (Å²) < 4.78 is 7.10. The van der Waals surface area contributed by atoms with Crippen molar-refractivity contribution < 1.29 is 14.6 Å². The van der Waals surface area contributed by atoms with Gasteiger partial charge < -0.3 is 14.4 Å². The Kier molecular flexibility index (Phi) is 5.36. The second-order valence-electron chi connectivity index (χ2n) is 5.08. The maximum Gasteiger partial charge on any atom is 0.303 e. The number of ether oxygens (including phenoxy) is 1. The molecule has 0 spiro atoms. The van der Waals surface area contributed by atoms with Gasteiger partial charge in [0.15, 0.2) is 5.75 Å². The number of rotatable bonds is 7. The van der Waals surface area contributed by atoms with Gasteiger partial charge in [-0.15, -0.1) is 0 Å². The van der Waals surface area contributed by atoms with Crippen molar-refractivity contribution in [2.75, 3.05) is 0 Å². The van der Waals surface area contributed by atoms with E-state index < -0.39 is 5.97 Å². The number of aryl methyl sites for hydroxylation is 2. The number of carbonyl (C=O) groups is 1. The van der Waals surface area contributed by atoms with E-state index in [9.17, 15) is 9.59 Å². The lowest BCUT2D eigenvalue weighted by Crippen LogP contribution is -2.21. The van der Waals surface area contributed by atoms with E-state index in [4.69, 9.17) is 9.84 Å². The first-order valence-corrected chi connectivity index (χ1v) is 7.16. The molecule has 0 atom stereocenters. The third kappa shape index (κ3) is 4.22. The van der Waals surface area contributed by atoms with Gasteiger partial charge in [-0.1, -0.05) is 24.3 Å². The second kappa shape index (κ2) is 7.45. The summed E-state index contributed by atoms with van der Waals surface area (Å²) in [4.78, 5) is 22.8. The molecule has 0 amide bonds. The first-order chi connectivity index (χ1) is 10.6. The van der Waals surface area contributed by atoms with Crippen LogP contribution in [-0.2, 0) is 17.9 Å². The fourth-order valence-corrected chi connectivity index (χ4v) is 2.13. The van der Waals surface area contributed by atoms with Crippen LogP contribution in [0.5, 0.6) is 5.75 Å². The van der Waals surface area contributed by atoms with Crippen molar-refractivity contribution >= 4 is 5.97 Å². The van der Waals surface area contributed by atoms with Gasteiger partial charge in [0, 0.05) is 19.2 Å². The topological polar surface area (TPSA) is 68.5 Å². The molecular weight excluding hydrogens is 282 g/mol. The first-order valence-electron chi connectivity index (χ1n) is 7.16. The zero-order chi connectivity index (χ0) is 15.9. The molecule has 0 aliphatic heterocycles. The number of aromatic nitrogens is 1. The minimum Gasteiger partial charge on any atom is -0.483 e. The summed E-state index contributed by atoms with van der Waals surface area (Å²) in [5, 5.41) is 8.64. The zero-order valence-electron chi connectivity index (χ0n) is 12.5. The maximum atomic E-state index is 12.2. The first kappa shape index (κ1) is 15.8. The van der Waals surface area contributed by atoms with Crippen molar-refractivity contribution in [3.63, 3.8) is 0 Å². The van der Waals surface area contributed by atoms with Crippen LogP contribution in [-0.4, -0.2) is 15.6 Å². The van der Waals surface area contributed by atoms with Gasteiger partial charge in [-0.25, -0.2) is 0 Å². The van der Waals surface area contributed by atoms with E-state index in [1.165, 1.54) is 4.57 Å². The van der Waals surface area contributed by atoms with Crippen LogP contribution in [0.15, 0.2) is 47.4 Å². The molecule has 2 aromatic rings. The lowest BCUT2D eigenvalue weighted by Gasteiger charge is -2.10. The molecule has 0 radical (unpaired) electrons. The molecule has 5 nitrogen and oxygen atoms in total. The Morgan fingerprint density at radius 2 is 2.00 bits per heavy atom. The monoisotopic (exact) mass is 301 g/mol. The fraction of sp³-hybridized carbons (Fsp3) is 0.294. The van der Waals surface area contributed by atoms with Gasteiger partial charge in [0.1, 0.15) is 6.61 Å². The van der Waals surface area contributed by atoms with Crippen molar-refractivity contribution in [2.24, 2.45) is 0 Å². The summed E-state index contributed by atoms with van der Waals surface area (Å²) in [5.41, 5.74) is 1.91. The van der Waals surface area contributed by atoms with Crippen molar-refractivity contribution in [1.29, 1.82) is 0 Å². The molecule has 116 valence electrons. The highest BCUT2D eigenvalue weighted by Gasteiger charge is 2.06. The molecule has 1 aromatic heterocycles. The summed E-state index contributed by atoms with van der Waals surface area (Å²) in [6, 6.07) is 11.2. The maximum absolute atomic E-state index is 12.2.